The Balaban J connectivity index is 1.78. The molecule has 0 bridgehead atoms. The molecule has 4 heteroatoms. The summed E-state index contributed by atoms with van der Waals surface area (Å²) in [6.45, 7) is 0.0827. The van der Waals surface area contributed by atoms with Crippen molar-refractivity contribution in [3.63, 3.8) is 0 Å². The van der Waals surface area contributed by atoms with Crippen LogP contribution in [0.2, 0.25) is 5.02 Å². The number of carbonyl (C=O) groups excluding carboxylic acids is 1. The first-order valence-electron chi connectivity index (χ1n) is 6.86. The van der Waals surface area contributed by atoms with Crippen LogP contribution in [0.5, 0.6) is 5.75 Å². The van der Waals surface area contributed by atoms with Crippen LogP contribution in [0, 0.1) is 5.82 Å². The van der Waals surface area contributed by atoms with Crippen molar-refractivity contribution in [3.8, 4) is 5.75 Å². The number of Topliss-reactive ketones (excluding diaryl/α,β-unsaturated/α-hetero) is 1. The van der Waals surface area contributed by atoms with Crippen LogP contribution in [0.25, 0.3) is 0 Å². The van der Waals surface area contributed by atoms with E-state index < -0.39 is 0 Å². The molecule has 0 N–H and O–H groups in total. The fourth-order valence-electron chi connectivity index (χ4n) is 2.51. The summed E-state index contributed by atoms with van der Waals surface area (Å²) in [5.74, 6) is 0.368. The van der Waals surface area contributed by atoms with Gasteiger partial charge in [0.1, 0.15) is 18.2 Å². The summed E-state index contributed by atoms with van der Waals surface area (Å²) in [5.41, 5.74) is 2.18. The van der Waals surface area contributed by atoms with E-state index in [9.17, 15) is 9.18 Å². The van der Waals surface area contributed by atoms with Crippen LogP contribution in [0.15, 0.2) is 36.4 Å². The fourth-order valence-corrected chi connectivity index (χ4v) is 2.71. The average Bonchev–Trinajstić information content (AvgIpc) is 2.49. The topological polar surface area (TPSA) is 26.3 Å². The molecule has 0 atom stereocenters. The largest absolute Gasteiger partial charge is 0.489 e. The molecular formula is C17H14ClFO2. The maximum atomic E-state index is 13.6. The van der Waals surface area contributed by atoms with Gasteiger partial charge >= 0.3 is 0 Å². The van der Waals surface area contributed by atoms with Gasteiger partial charge in [-0.2, -0.15) is 0 Å². The number of fused-ring (bicyclic) bond motifs is 1. The van der Waals surface area contributed by atoms with Gasteiger partial charge in [0.15, 0.2) is 5.78 Å². The first-order chi connectivity index (χ1) is 10.1. The van der Waals surface area contributed by atoms with E-state index in [1.54, 1.807) is 12.1 Å². The van der Waals surface area contributed by atoms with Gasteiger partial charge in [-0.1, -0.05) is 17.7 Å². The third-order valence-corrected chi connectivity index (χ3v) is 3.87. The smallest absolute Gasteiger partial charge is 0.163 e. The van der Waals surface area contributed by atoms with Crippen molar-refractivity contribution < 1.29 is 13.9 Å². The zero-order valence-corrected chi connectivity index (χ0v) is 12.1. The minimum Gasteiger partial charge on any atom is -0.489 e. The minimum atomic E-state index is -0.353. The van der Waals surface area contributed by atoms with E-state index in [1.165, 1.54) is 12.1 Å². The van der Waals surface area contributed by atoms with Crippen LogP contribution < -0.4 is 4.74 Å². The molecule has 2 aromatic rings. The van der Waals surface area contributed by atoms with Gasteiger partial charge in [0.05, 0.1) is 0 Å². The first kappa shape index (κ1) is 14.1. The fraction of sp³-hybridized carbons (Fsp3) is 0.235. The zero-order valence-electron chi connectivity index (χ0n) is 11.4. The number of hydrogen-bond donors (Lipinski definition) is 0. The highest BCUT2D eigenvalue weighted by atomic mass is 35.5. The zero-order chi connectivity index (χ0) is 14.8. The van der Waals surface area contributed by atoms with Crippen LogP contribution in [0.4, 0.5) is 4.39 Å². The molecule has 2 nitrogen and oxygen atoms in total. The number of hydrogen-bond acceptors (Lipinski definition) is 2. The van der Waals surface area contributed by atoms with E-state index in [0.29, 0.717) is 22.8 Å². The maximum absolute atomic E-state index is 13.6. The molecule has 1 aliphatic rings. The summed E-state index contributed by atoms with van der Waals surface area (Å²) in [6, 6.07) is 9.84. The third kappa shape index (κ3) is 3.08. The summed E-state index contributed by atoms with van der Waals surface area (Å²) in [6.07, 6.45) is 2.41. The van der Waals surface area contributed by atoms with Gasteiger partial charge in [0.25, 0.3) is 0 Å². The van der Waals surface area contributed by atoms with Gasteiger partial charge in [0, 0.05) is 22.6 Å². The third-order valence-electron chi connectivity index (χ3n) is 3.63. The molecule has 0 spiro atoms. The molecule has 108 valence electrons. The summed E-state index contributed by atoms with van der Waals surface area (Å²) in [4.78, 5) is 11.9. The molecule has 1 aliphatic carbocycles. The Bertz CT molecular complexity index is 697. The van der Waals surface area contributed by atoms with E-state index in [4.69, 9.17) is 16.3 Å². The van der Waals surface area contributed by atoms with E-state index in [-0.39, 0.29) is 18.2 Å². The number of ketones is 1. The van der Waals surface area contributed by atoms with Crippen LogP contribution in [-0.2, 0) is 13.0 Å². The van der Waals surface area contributed by atoms with Crippen molar-refractivity contribution in [3.05, 3.63) is 63.9 Å². The molecule has 0 aromatic heterocycles. The second-order valence-electron chi connectivity index (χ2n) is 5.12. The number of halogens is 2. The Morgan fingerprint density at radius 3 is 2.86 bits per heavy atom. The molecule has 21 heavy (non-hydrogen) atoms. The molecule has 0 aliphatic heterocycles. The van der Waals surface area contributed by atoms with Crippen molar-refractivity contribution in [1.29, 1.82) is 0 Å². The number of ether oxygens (including phenoxy) is 1. The summed E-state index contributed by atoms with van der Waals surface area (Å²) in [7, 11) is 0. The normalized spacial score (nSPS) is 13.9. The Morgan fingerprint density at radius 2 is 2.00 bits per heavy atom. The van der Waals surface area contributed by atoms with E-state index in [1.807, 2.05) is 12.1 Å². The lowest BCUT2D eigenvalue weighted by molar-refractivity contribution is 0.0972. The van der Waals surface area contributed by atoms with Gasteiger partial charge in [-0.05, 0) is 48.7 Å². The van der Waals surface area contributed by atoms with Crippen LogP contribution in [0.1, 0.15) is 34.3 Å². The minimum absolute atomic E-state index is 0.0827. The standard InChI is InChI=1S/C17H14ClFO2/c18-13-5-7-16(19)12(8-13)10-21-14-6-4-11-2-1-3-17(20)15(11)9-14/h4-9H,1-3,10H2. The highest BCUT2D eigenvalue weighted by Gasteiger charge is 2.17. The van der Waals surface area contributed by atoms with Crippen molar-refractivity contribution in [2.24, 2.45) is 0 Å². The Labute approximate surface area is 127 Å². The summed E-state index contributed by atoms with van der Waals surface area (Å²) in [5, 5.41) is 0.468. The predicted molar refractivity (Wildman–Crippen MR) is 79.5 cm³/mol. The Kier molecular flexibility index (Phi) is 3.93. The Hall–Kier alpha value is -1.87. The lowest BCUT2D eigenvalue weighted by Gasteiger charge is -2.16. The van der Waals surface area contributed by atoms with Gasteiger partial charge in [-0.25, -0.2) is 4.39 Å². The highest BCUT2D eigenvalue weighted by Crippen LogP contribution is 2.26. The maximum Gasteiger partial charge on any atom is 0.163 e. The predicted octanol–water partition coefficient (Wildman–Crippen LogP) is 4.58. The summed E-state index contributed by atoms with van der Waals surface area (Å²) >= 11 is 5.85. The molecule has 0 fully saturated rings. The molecule has 0 amide bonds. The van der Waals surface area contributed by atoms with Crippen molar-refractivity contribution in [2.75, 3.05) is 0 Å². The molecule has 0 heterocycles. The second-order valence-corrected chi connectivity index (χ2v) is 5.56. The first-order valence-corrected chi connectivity index (χ1v) is 7.24. The van der Waals surface area contributed by atoms with Gasteiger partial charge in [0.2, 0.25) is 0 Å². The van der Waals surface area contributed by atoms with Crippen molar-refractivity contribution >= 4 is 17.4 Å². The van der Waals surface area contributed by atoms with Crippen LogP contribution in [-0.4, -0.2) is 5.78 Å². The average molecular weight is 305 g/mol. The SMILES string of the molecule is O=C1CCCc2ccc(OCc3cc(Cl)ccc3F)cc21. The van der Waals surface area contributed by atoms with Crippen LogP contribution >= 0.6 is 11.6 Å². The van der Waals surface area contributed by atoms with E-state index >= 15 is 0 Å². The number of rotatable bonds is 3. The number of aryl methyl sites for hydroxylation is 1. The quantitative estimate of drug-likeness (QED) is 0.830. The second kappa shape index (κ2) is 5.86. The van der Waals surface area contributed by atoms with Gasteiger partial charge < -0.3 is 4.74 Å². The molecule has 0 saturated heterocycles. The van der Waals surface area contributed by atoms with Crippen LogP contribution in [0.3, 0.4) is 0 Å². The number of benzene rings is 2. The van der Waals surface area contributed by atoms with Gasteiger partial charge in [-0.3, -0.25) is 4.79 Å². The molecule has 2 aromatic carbocycles. The molecule has 0 radical (unpaired) electrons. The molecule has 0 saturated carbocycles. The lowest BCUT2D eigenvalue weighted by Crippen LogP contribution is -2.11. The molecular weight excluding hydrogens is 291 g/mol. The number of carbonyl (C=O) groups is 1. The molecule has 3 rings (SSSR count). The van der Waals surface area contributed by atoms with Crippen molar-refractivity contribution in [1.82, 2.24) is 0 Å². The van der Waals surface area contributed by atoms with Gasteiger partial charge in [-0.15, -0.1) is 0 Å². The summed E-state index contributed by atoms with van der Waals surface area (Å²) < 4.78 is 19.2. The highest BCUT2D eigenvalue weighted by molar-refractivity contribution is 6.30. The lowest BCUT2D eigenvalue weighted by atomic mass is 9.90. The van der Waals surface area contributed by atoms with Crippen molar-refractivity contribution in [2.45, 2.75) is 25.9 Å². The van der Waals surface area contributed by atoms with E-state index in [2.05, 4.69) is 0 Å². The van der Waals surface area contributed by atoms with E-state index in [0.717, 1.165) is 24.0 Å². The monoisotopic (exact) mass is 304 g/mol. The molecule has 0 unspecified atom stereocenters. The Morgan fingerprint density at radius 1 is 1.14 bits per heavy atom.